The summed E-state index contributed by atoms with van der Waals surface area (Å²) in [7, 11) is 1.65. The number of nitrogens with two attached hydrogens (primary N) is 1. The van der Waals surface area contributed by atoms with E-state index in [1.165, 1.54) is 0 Å². The van der Waals surface area contributed by atoms with E-state index in [0.29, 0.717) is 0 Å². The second kappa shape index (κ2) is 5.12. The Hall–Kier alpha value is -2.36. The number of anilines is 1. The van der Waals surface area contributed by atoms with Crippen molar-refractivity contribution >= 4 is 18.1 Å². The Kier molecular flexibility index (Phi) is 3.35. The Balaban J connectivity index is 2.11. The van der Waals surface area contributed by atoms with Crippen LogP contribution in [-0.2, 0) is 0 Å². The summed E-state index contributed by atoms with van der Waals surface area (Å²) in [5.74, 6) is 1.13. The van der Waals surface area contributed by atoms with Crippen LogP contribution in [0.4, 0.5) is 5.95 Å². The summed E-state index contributed by atoms with van der Waals surface area (Å²) < 4.78 is 5.09. The van der Waals surface area contributed by atoms with E-state index in [-0.39, 0.29) is 5.95 Å². The van der Waals surface area contributed by atoms with Crippen LogP contribution >= 0.6 is 0 Å². The van der Waals surface area contributed by atoms with Crippen LogP contribution in [0.25, 0.3) is 12.2 Å². The predicted molar refractivity (Wildman–Crippen MR) is 68.4 cm³/mol. The second-order valence-electron chi connectivity index (χ2n) is 3.48. The van der Waals surface area contributed by atoms with Crippen molar-refractivity contribution in [1.82, 2.24) is 9.97 Å². The average molecular weight is 227 g/mol. The lowest BCUT2D eigenvalue weighted by molar-refractivity contribution is 0.415. The third kappa shape index (κ3) is 3.04. The average Bonchev–Trinajstić information content (AvgIpc) is 2.39. The molecule has 1 aromatic heterocycles. The minimum absolute atomic E-state index is 0.284. The van der Waals surface area contributed by atoms with Crippen molar-refractivity contribution in [3.8, 4) is 5.75 Å². The largest absolute Gasteiger partial charge is 0.497 e. The number of methoxy groups -OCH3 is 1. The number of aromatic nitrogens is 2. The molecule has 0 radical (unpaired) electrons. The van der Waals surface area contributed by atoms with Crippen LogP contribution in [-0.4, -0.2) is 17.1 Å². The van der Waals surface area contributed by atoms with Gasteiger partial charge in [-0.1, -0.05) is 24.3 Å². The molecule has 4 heteroatoms. The van der Waals surface area contributed by atoms with Gasteiger partial charge in [0.1, 0.15) is 5.75 Å². The van der Waals surface area contributed by atoms with Crippen molar-refractivity contribution in [3.63, 3.8) is 0 Å². The van der Waals surface area contributed by atoms with E-state index in [4.69, 9.17) is 10.5 Å². The third-order valence-electron chi connectivity index (χ3n) is 2.28. The molecule has 0 spiro atoms. The zero-order valence-corrected chi connectivity index (χ0v) is 9.50. The lowest BCUT2D eigenvalue weighted by Crippen LogP contribution is -1.92. The van der Waals surface area contributed by atoms with Gasteiger partial charge < -0.3 is 10.5 Å². The van der Waals surface area contributed by atoms with Crippen LogP contribution < -0.4 is 10.5 Å². The van der Waals surface area contributed by atoms with Gasteiger partial charge in [-0.05, 0) is 17.7 Å². The Labute approximate surface area is 99.8 Å². The predicted octanol–water partition coefficient (Wildman–Crippen LogP) is 2.24. The Bertz CT molecular complexity index is 503. The molecule has 0 amide bonds. The molecule has 0 unspecified atom stereocenters. The molecule has 1 aromatic carbocycles. The fourth-order valence-corrected chi connectivity index (χ4v) is 1.34. The standard InChI is InChI=1S/C13H13N3O/c1-17-12-6-4-10(5-7-12)2-3-11-8-15-13(14)16-9-11/h2-9H,1H3,(H2,14,15,16)/b3-2+. The van der Waals surface area contributed by atoms with E-state index in [2.05, 4.69) is 9.97 Å². The fourth-order valence-electron chi connectivity index (χ4n) is 1.34. The molecule has 0 atom stereocenters. The molecule has 0 aliphatic carbocycles. The molecule has 0 bridgehead atoms. The molecule has 17 heavy (non-hydrogen) atoms. The lowest BCUT2D eigenvalue weighted by Gasteiger charge is -1.99. The summed E-state index contributed by atoms with van der Waals surface area (Å²) in [4.78, 5) is 7.83. The minimum Gasteiger partial charge on any atom is -0.497 e. The molecule has 2 N–H and O–H groups in total. The van der Waals surface area contributed by atoms with Gasteiger partial charge in [0.15, 0.2) is 0 Å². The molecule has 2 aromatic rings. The zero-order chi connectivity index (χ0) is 12.1. The number of hydrogen-bond donors (Lipinski definition) is 1. The highest BCUT2D eigenvalue weighted by Crippen LogP contribution is 2.13. The summed E-state index contributed by atoms with van der Waals surface area (Å²) in [6.45, 7) is 0. The Morgan fingerprint density at radius 3 is 2.18 bits per heavy atom. The Morgan fingerprint density at radius 2 is 1.59 bits per heavy atom. The van der Waals surface area contributed by atoms with Crippen molar-refractivity contribution in [2.75, 3.05) is 12.8 Å². The maximum Gasteiger partial charge on any atom is 0.219 e. The normalized spacial score (nSPS) is 10.6. The van der Waals surface area contributed by atoms with Gasteiger partial charge in [-0.3, -0.25) is 0 Å². The first kappa shape index (κ1) is 11.1. The Morgan fingerprint density at radius 1 is 1.00 bits per heavy atom. The number of nitrogens with zero attached hydrogens (tertiary/aromatic N) is 2. The first-order valence-corrected chi connectivity index (χ1v) is 5.17. The van der Waals surface area contributed by atoms with E-state index in [0.717, 1.165) is 16.9 Å². The minimum atomic E-state index is 0.284. The van der Waals surface area contributed by atoms with Gasteiger partial charge in [0.05, 0.1) is 7.11 Å². The van der Waals surface area contributed by atoms with Crippen molar-refractivity contribution < 1.29 is 4.74 Å². The van der Waals surface area contributed by atoms with Gasteiger partial charge in [0, 0.05) is 18.0 Å². The van der Waals surface area contributed by atoms with E-state index < -0.39 is 0 Å². The monoisotopic (exact) mass is 227 g/mol. The molecular weight excluding hydrogens is 214 g/mol. The molecule has 2 rings (SSSR count). The van der Waals surface area contributed by atoms with Crippen LogP contribution in [0.5, 0.6) is 5.75 Å². The van der Waals surface area contributed by atoms with Crippen molar-refractivity contribution in [2.45, 2.75) is 0 Å². The highest BCUT2D eigenvalue weighted by molar-refractivity contribution is 5.69. The number of nitrogen functional groups attached to an aromatic ring is 1. The van der Waals surface area contributed by atoms with Gasteiger partial charge in [-0.25, -0.2) is 9.97 Å². The first-order chi connectivity index (χ1) is 8.28. The fraction of sp³-hybridized carbons (Fsp3) is 0.0769. The van der Waals surface area contributed by atoms with Crippen LogP contribution in [0.15, 0.2) is 36.7 Å². The van der Waals surface area contributed by atoms with Gasteiger partial charge >= 0.3 is 0 Å². The smallest absolute Gasteiger partial charge is 0.219 e. The summed E-state index contributed by atoms with van der Waals surface area (Å²) in [6.07, 6.45) is 7.28. The molecule has 86 valence electrons. The summed E-state index contributed by atoms with van der Waals surface area (Å²) in [5, 5.41) is 0. The van der Waals surface area contributed by atoms with Crippen molar-refractivity contribution in [2.24, 2.45) is 0 Å². The topological polar surface area (TPSA) is 61.0 Å². The first-order valence-electron chi connectivity index (χ1n) is 5.17. The maximum atomic E-state index is 5.41. The third-order valence-corrected chi connectivity index (χ3v) is 2.28. The summed E-state index contributed by atoms with van der Waals surface area (Å²) in [6, 6.07) is 7.79. The number of rotatable bonds is 3. The molecule has 0 saturated heterocycles. The van der Waals surface area contributed by atoms with Gasteiger partial charge in [-0.2, -0.15) is 0 Å². The molecule has 1 heterocycles. The van der Waals surface area contributed by atoms with E-state index in [1.54, 1.807) is 19.5 Å². The second-order valence-corrected chi connectivity index (χ2v) is 3.48. The molecule has 0 saturated carbocycles. The highest BCUT2D eigenvalue weighted by atomic mass is 16.5. The molecule has 0 fully saturated rings. The van der Waals surface area contributed by atoms with Crippen LogP contribution in [0.2, 0.25) is 0 Å². The van der Waals surface area contributed by atoms with E-state index in [1.807, 2.05) is 36.4 Å². The SMILES string of the molecule is COc1ccc(/C=C/c2cnc(N)nc2)cc1. The van der Waals surface area contributed by atoms with Crippen LogP contribution in [0.3, 0.4) is 0 Å². The van der Waals surface area contributed by atoms with Gasteiger partial charge in [0.2, 0.25) is 5.95 Å². The van der Waals surface area contributed by atoms with E-state index >= 15 is 0 Å². The number of hydrogen-bond acceptors (Lipinski definition) is 4. The lowest BCUT2D eigenvalue weighted by atomic mass is 10.2. The molecular formula is C13H13N3O. The van der Waals surface area contributed by atoms with E-state index in [9.17, 15) is 0 Å². The highest BCUT2D eigenvalue weighted by Gasteiger charge is 1.92. The van der Waals surface area contributed by atoms with Crippen LogP contribution in [0, 0.1) is 0 Å². The molecule has 4 nitrogen and oxygen atoms in total. The van der Waals surface area contributed by atoms with Crippen molar-refractivity contribution in [1.29, 1.82) is 0 Å². The quantitative estimate of drug-likeness (QED) is 0.873. The maximum absolute atomic E-state index is 5.41. The van der Waals surface area contributed by atoms with Crippen LogP contribution in [0.1, 0.15) is 11.1 Å². The molecule has 0 aliphatic heterocycles. The van der Waals surface area contributed by atoms with Gasteiger partial charge in [0.25, 0.3) is 0 Å². The number of benzene rings is 1. The summed E-state index contributed by atoms with van der Waals surface area (Å²) >= 11 is 0. The summed E-state index contributed by atoms with van der Waals surface area (Å²) in [5.41, 5.74) is 7.40. The van der Waals surface area contributed by atoms with Gasteiger partial charge in [-0.15, -0.1) is 0 Å². The zero-order valence-electron chi connectivity index (χ0n) is 9.50. The molecule has 0 aliphatic rings. The van der Waals surface area contributed by atoms with Crippen molar-refractivity contribution in [3.05, 3.63) is 47.8 Å². The number of ether oxygens (including phenoxy) is 1.